The van der Waals surface area contributed by atoms with Crippen LogP contribution in [0.15, 0.2) is 0 Å². The van der Waals surface area contributed by atoms with Gasteiger partial charge in [-0.05, 0) is 0 Å². The van der Waals surface area contributed by atoms with E-state index in [0.717, 1.165) is 0 Å². The number of hydrogen-bond donors (Lipinski definition) is 4. The van der Waals surface area contributed by atoms with Crippen LogP contribution in [0.2, 0.25) is 0 Å². The summed E-state index contributed by atoms with van der Waals surface area (Å²) in [5.74, 6) is -2.17. The average Bonchev–Trinajstić information content (AvgIpc) is 2.16. The molecule has 6 N–H and O–H groups in total. The third-order valence-electron chi connectivity index (χ3n) is 1.09. The van der Waals surface area contributed by atoms with E-state index >= 15 is 0 Å². The molecule has 0 fully saturated rings. The molecular formula is C8H12MgN2O6. The molecule has 0 saturated heterocycles. The van der Waals surface area contributed by atoms with Crippen LogP contribution < -0.4 is 11.5 Å². The van der Waals surface area contributed by atoms with Gasteiger partial charge in [0.05, 0.1) is 0 Å². The van der Waals surface area contributed by atoms with Gasteiger partial charge in [-0.2, -0.15) is 0 Å². The molecule has 0 amide bonds. The summed E-state index contributed by atoms with van der Waals surface area (Å²) in [5, 5.41) is 15.9. The van der Waals surface area contributed by atoms with Gasteiger partial charge in [-0.3, -0.25) is 9.59 Å². The Labute approximate surface area is 113 Å². The number of hydrogen-bond acceptors (Lipinski definition) is 6. The van der Waals surface area contributed by atoms with E-state index in [0.29, 0.717) is 0 Å². The van der Waals surface area contributed by atoms with Crippen molar-refractivity contribution in [3.8, 4) is 0 Å². The Kier molecular flexibility index (Phi) is 16.3. The fraction of sp³-hybridized carbons (Fsp3) is 0.500. The van der Waals surface area contributed by atoms with Gasteiger partial charge in [-0.15, -0.1) is 0 Å². The molecule has 0 aliphatic rings. The summed E-state index contributed by atoms with van der Waals surface area (Å²) in [6.45, 7) is 0. The monoisotopic (exact) mass is 256 g/mol. The first-order valence-electron chi connectivity index (χ1n) is 4.03. The van der Waals surface area contributed by atoms with Crippen LogP contribution in [0.5, 0.6) is 0 Å². The summed E-state index contributed by atoms with van der Waals surface area (Å²) in [4.78, 5) is 38.5. The predicted octanol–water partition coefficient (Wildman–Crippen LogP) is -2.58. The minimum atomic E-state index is -1.08. The topological polar surface area (TPSA) is 161 Å². The second kappa shape index (κ2) is 13.0. The van der Waals surface area contributed by atoms with Crippen LogP contribution in [0.3, 0.4) is 0 Å². The number of aliphatic carboxylic acids is 2. The van der Waals surface area contributed by atoms with Crippen LogP contribution in [-0.4, -0.2) is 69.9 Å². The standard InChI is InChI=1S/2C4H6NO3.Mg/c2*5-3(2-6)1-4(7)8;/h2*3H,1,5H2,(H,7,8);/q2*-1;+2/t2*3-;/m00./s1. The first kappa shape index (κ1) is 21.3. The molecular weight excluding hydrogens is 244 g/mol. The number of carboxylic acids is 2. The molecule has 0 radical (unpaired) electrons. The number of nitrogens with two attached hydrogens (primary N) is 2. The van der Waals surface area contributed by atoms with E-state index in [9.17, 15) is 19.2 Å². The molecule has 0 aromatic heterocycles. The number of carbonyl (C=O) groups excluding carboxylic acids is 2. The molecule has 0 heterocycles. The molecule has 2 atom stereocenters. The minimum absolute atomic E-state index is 0. The van der Waals surface area contributed by atoms with E-state index in [2.05, 4.69) is 0 Å². The molecule has 0 unspecified atom stereocenters. The predicted molar refractivity (Wildman–Crippen MR) is 57.6 cm³/mol. The maximum absolute atomic E-state index is 9.71. The van der Waals surface area contributed by atoms with Gasteiger partial charge in [0.1, 0.15) is 0 Å². The Balaban J connectivity index is -0.000000218. The van der Waals surface area contributed by atoms with Gasteiger partial charge < -0.3 is 31.3 Å². The molecule has 9 heteroatoms. The Hall–Kier alpha value is -1.03. The Bertz CT molecular complexity index is 234. The van der Waals surface area contributed by atoms with E-state index in [4.69, 9.17) is 21.7 Å². The molecule has 0 bridgehead atoms. The average molecular weight is 256 g/mol. The van der Waals surface area contributed by atoms with E-state index in [1.165, 1.54) is 12.6 Å². The summed E-state index contributed by atoms with van der Waals surface area (Å²) in [5.41, 5.74) is 9.74. The molecule has 0 aromatic rings. The molecule has 8 nitrogen and oxygen atoms in total. The summed E-state index contributed by atoms with van der Waals surface area (Å²) in [6.07, 6.45) is 2.00. The van der Waals surface area contributed by atoms with Crippen molar-refractivity contribution in [3.05, 3.63) is 0 Å². The van der Waals surface area contributed by atoms with Crippen molar-refractivity contribution in [2.45, 2.75) is 24.9 Å². The molecule has 0 aliphatic heterocycles. The normalized spacial score (nSPS) is 11.9. The van der Waals surface area contributed by atoms with E-state index in [-0.39, 0.29) is 35.9 Å². The van der Waals surface area contributed by atoms with Gasteiger partial charge in [0.15, 0.2) is 0 Å². The fourth-order valence-corrected chi connectivity index (χ4v) is 0.460. The summed E-state index contributed by atoms with van der Waals surface area (Å²) >= 11 is 0. The van der Waals surface area contributed by atoms with Crippen LogP contribution in [-0.2, 0) is 19.2 Å². The van der Waals surface area contributed by atoms with Gasteiger partial charge in [0.2, 0.25) is 0 Å². The van der Waals surface area contributed by atoms with Gasteiger partial charge in [-0.1, -0.05) is 12.1 Å². The molecule has 0 aliphatic carbocycles. The fourth-order valence-electron chi connectivity index (χ4n) is 0.460. The summed E-state index contributed by atoms with van der Waals surface area (Å²) in [6, 6.07) is -1.96. The minimum Gasteiger partial charge on any atom is -0.540 e. The molecule has 0 aromatic carbocycles. The summed E-state index contributed by atoms with van der Waals surface area (Å²) in [7, 11) is 0. The van der Waals surface area contributed by atoms with Gasteiger partial charge in [0.25, 0.3) is 0 Å². The van der Waals surface area contributed by atoms with E-state index < -0.39 is 24.0 Å². The van der Waals surface area contributed by atoms with Crippen LogP contribution in [0.25, 0.3) is 0 Å². The third-order valence-corrected chi connectivity index (χ3v) is 1.09. The molecule has 0 saturated carbocycles. The second-order valence-corrected chi connectivity index (χ2v) is 2.64. The Morgan fingerprint density at radius 3 is 1.24 bits per heavy atom. The maximum atomic E-state index is 9.71. The van der Waals surface area contributed by atoms with Gasteiger partial charge in [-0.25, -0.2) is 12.6 Å². The van der Waals surface area contributed by atoms with Crippen molar-refractivity contribution in [2.24, 2.45) is 11.5 Å². The SMILES string of the molecule is N[C@H]([C-]=O)CC(=O)O.N[C@H]([C-]=O)CC(=O)O.[Mg+2]. The van der Waals surface area contributed by atoms with Crippen molar-refractivity contribution in [1.29, 1.82) is 0 Å². The first-order chi connectivity index (χ1) is 7.33. The summed E-state index contributed by atoms with van der Waals surface area (Å²) < 4.78 is 0. The van der Waals surface area contributed by atoms with Crippen molar-refractivity contribution >= 4 is 47.6 Å². The van der Waals surface area contributed by atoms with Crippen LogP contribution >= 0.6 is 0 Å². The molecule has 92 valence electrons. The number of rotatable bonds is 6. The van der Waals surface area contributed by atoms with Gasteiger partial charge >= 0.3 is 35.0 Å². The largest absolute Gasteiger partial charge is 2.00 e. The zero-order valence-corrected chi connectivity index (χ0v) is 10.4. The Morgan fingerprint density at radius 1 is 0.941 bits per heavy atom. The third kappa shape index (κ3) is 20.9. The van der Waals surface area contributed by atoms with Crippen molar-refractivity contribution in [2.75, 3.05) is 0 Å². The second-order valence-electron chi connectivity index (χ2n) is 2.64. The quantitative estimate of drug-likeness (QED) is 0.297. The number of carbonyl (C=O) groups is 2. The maximum Gasteiger partial charge on any atom is 2.00 e. The number of carboxylic acid groups (broad SMARTS) is 2. The van der Waals surface area contributed by atoms with E-state index in [1.54, 1.807) is 0 Å². The zero-order chi connectivity index (χ0) is 13.1. The zero-order valence-electron chi connectivity index (χ0n) is 8.96. The first-order valence-corrected chi connectivity index (χ1v) is 4.03. The molecule has 0 spiro atoms. The van der Waals surface area contributed by atoms with E-state index in [1.807, 2.05) is 0 Å². The molecule has 0 rings (SSSR count). The van der Waals surface area contributed by atoms with Gasteiger partial charge in [0, 0.05) is 12.8 Å². The van der Waals surface area contributed by atoms with Crippen molar-refractivity contribution in [1.82, 2.24) is 0 Å². The van der Waals surface area contributed by atoms with Crippen molar-refractivity contribution < 1.29 is 29.4 Å². The molecule has 17 heavy (non-hydrogen) atoms. The smallest absolute Gasteiger partial charge is 0.540 e. The van der Waals surface area contributed by atoms with Crippen molar-refractivity contribution in [3.63, 3.8) is 0 Å². The van der Waals surface area contributed by atoms with Crippen LogP contribution in [0, 0.1) is 0 Å². The van der Waals surface area contributed by atoms with Crippen LogP contribution in [0.1, 0.15) is 12.8 Å². The Morgan fingerprint density at radius 2 is 1.18 bits per heavy atom. The van der Waals surface area contributed by atoms with Crippen LogP contribution in [0.4, 0.5) is 0 Å².